The number of hydrogen-bond donors (Lipinski definition) is 2. The van der Waals surface area contributed by atoms with Gasteiger partial charge in [-0.15, -0.1) is 0 Å². The number of aromatic nitrogens is 1. The smallest absolute Gasteiger partial charge is 0.322 e. The van der Waals surface area contributed by atoms with Crippen molar-refractivity contribution in [3.63, 3.8) is 0 Å². The number of urea groups is 1. The molecule has 1 aliphatic carbocycles. The van der Waals surface area contributed by atoms with Crippen molar-refractivity contribution >= 4 is 22.6 Å². The molecule has 4 aromatic rings. The van der Waals surface area contributed by atoms with E-state index in [0.717, 1.165) is 52.2 Å². The lowest BCUT2D eigenvalue weighted by molar-refractivity contribution is 0.173. The molecule has 36 heavy (non-hydrogen) atoms. The third kappa shape index (κ3) is 4.06. The molecule has 0 spiro atoms. The van der Waals surface area contributed by atoms with E-state index in [9.17, 15) is 4.79 Å². The van der Waals surface area contributed by atoms with Crippen LogP contribution in [0.4, 0.5) is 10.5 Å². The van der Waals surface area contributed by atoms with E-state index in [-0.39, 0.29) is 24.3 Å². The van der Waals surface area contributed by atoms with Gasteiger partial charge in [-0.1, -0.05) is 30.3 Å². The van der Waals surface area contributed by atoms with Crippen molar-refractivity contribution in [2.24, 2.45) is 0 Å². The van der Waals surface area contributed by atoms with Crippen molar-refractivity contribution in [1.29, 1.82) is 0 Å². The van der Waals surface area contributed by atoms with Gasteiger partial charge in [0.2, 0.25) is 6.79 Å². The number of nitrogens with zero attached hydrogens (tertiary/aromatic N) is 1. The summed E-state index contributed by atoms with van der Waals surface area (Å²) >= 11 is 0. The van der Waals surface area contributed by atoms with E-state index in [2.05, 4.69) is 47.7 Å². The summed E-state index contributed by atoms with van der Waals surface area (Å²) in [6.45, 7) is 7.04. The van der Waals surface area contributed by atoms with Gasteiger partial charge in [0.1, 0.15) is 0 Å². The van der Waals surface area contributed by atoms with Gasteiger partial charge in [0.25, 0.3) is 0 Å². The Bertz CT molecular complexity index is 1430. The fourth-order valence-corrected chi connectivity index (χ4v) is 5.48. The summed E-state index contributed by atoms with van der Waals surface area (Å²) < 4.78 is 11.1. The van der Waals surface area contributed by atoms with Gasteiger partial charge < -0.3 is 24.7 Å². The molecule has 1 unspecified atom stereocenters. The first-order valence-corrected chi connectivity index (χ1v) is 12.5. The average molecular weight is 482 g/mol. The Kier molecular flexibility index (Phi) is 5.40. The van der Waals surface area contributed by atoms with E-state index in [1.165, 1.54) is 10.9 Å². The van der Waals surface area contributed by atoms with E-state index in [1.54, 1.807) is 0 Å². The van der Waals surface area contributed by atoms with Gasteiger partial charge in [0, 0.05) is 34.7 Å². The molecule has 6 rings (SSSR count). The SMILES string of the molecule is Cc1cc(C)cc(NC(=O)N(CC2(c3c[nH]c4ccccc34)CC2)C(C)c2ccc3c(c2)OCO3)c1. The number of rotatable bonds is 6. The minimum absolute atomic E-state index is 0.0654. The Morgan fingerprint density at radius 1 is 1.03 bits per heavy atom. The van der Waals surface area contributed by atoms with Crippen LogP contribution in [0.3, 0.4) is 0 Å². The number of nitrogens with one attached hydrogen (secondary N) is 2. The van der Waals surface area contributed by atoms with Gasteiger partial charge in [0.05, 0.1) is 6.04 Å². The molecular formula is C30H31N3O3. The molecule has 1 atom stereocenters. The Morgan fingerprint density at radius 3 is 2.56 bits per heavy atom. The summed E-state index contributed by atoms with van der Waals surface area (Å²) in [6, 6.07) is 20.2. The molecule has 1 saturated carbocycles. The van der Waals surface area contributed by atoms with Crippen LogP contribution >= 0.6 is 0 Å². The second kappa shape index (κ2) is 8.63. The van der Waals surface area contributed by atoms with E-state index in [1.807, 2.05) is 55.1 Å². The highest BCUT2D eigenvalue weighted by molar-refractivity contribution is 5.90. The van der Waals surface area contributed by atoms with Crippen LogP contribution in [0.15, 0.2) is 66.9 Å². The topological polar surface area (TPSA) is 66.6 Å². The predicted molar refractivity (Wildman–Crippen MR) is 142 cm³/mol. The molecule has 1 aromatic heterocycles. The lowest BCUT2D eigenvalue weighted by Gasteiger charge is -2.33. The van der Waals surface area contributed by atoms with Crippen molar-refractivity contribution < 1.29 is 14.3 Å². The summed E-state index contributed by atoms with van der Waals surface area (Å²) in [4.78, 5) is 19.3. The van der Waals surface area contributed by atoms with Gasteiger partial charge in [-0.2, -0.15) is 0 Å². The largest absolute Gasteiger partial charge is 0.454 e. The number of anilines is 1. The standard InChI is InChI=1S/C30H31N3O3/c1-19-12-20(2)14-23(13-19)32-29(34)33(21(3)22-8-9-27-28(15-22)36-18-35-27)17-30(10-11-30)25-16-31-26-7-5-4-6-24(25)26/h4-9,12-16,21,31H,10-11,17-18H2,1-3H3,(H,32,34). The molecule has 184 valence electrons. The highest BCUT2D eigenvalue weighted by Crippen LogP contribution is 2.52. The summed E-state index contributed by atoms with van der Waals surface area (Å²) in [6.07, 6.45) is 4.23. The molecule has 6 nitrogen and oxygen atoms in total. The number of hydrogen-bond acceptors (Lipinski definition) is 3. The lowest BCUT2D eigenvalue weighted by Crippen LogP contribution is -2.42. The van der Waals surface area contributed by atoms with Gasteiger partial charge >= 0.3 is 6.03 Å². The molecule has 3 aromatic carbocycles. The maximum Gasteiger partial charge on any atom is 0.322 e. The minimum Gasteiger partial charge on any atom is -0.454 e. The second-order valence-electron chi connectivity index (χ2n) is 10.3. The van der Waals surface area contributed by atoms with Crippen molar-refractivity contribution in [1.82, 2.24) is 9.88 Å². The Morgan fingerprint density at radius 2 is 1.78 bits per heavy atom. The van der Waals surface area contributed by atoms with Crippen LogP contribution in [-0.2, 0) is 5.41 Å². The maximum absolute atomic E-state index is 13.9. The molecule has 1 aliphatic heterocycles. The summed E-state index contributed by atoms with van der Waals surface area (Å²) in [5.74, 6) is 1.47. The number of aryl methyl sites for hydroxylation is 2. The van der Waals surface area contributed by atoms with Gasteiger partial charge in [-0.3, -0.25) is 0 Å². The van der Waals surface area contributed by atoms with Crippen molar-refractivity contribution in [3.8, 4) is 11.5 Å². The summed E-state index contributed by atoms with van der Waals surface area (Å²) in [5.41, 5.74) is 6.44. The fourth-order valence-electron chi connectivity index (χ4n) is 5.48. The van der Waals surface area contributed by atoms with Crippen molar-refractivity contribution in [2.75, 3.05) is 18.7 Å². The van der Waals surface area contributed by atoms with Crippen LogP contribution in [0.2, 0.25) is 0 Å². The van der Waals surface area contributed by atoms with Crippen LogP contribution in [0.25, 0.3) is 10.9 Å². The van der Waals surface area contributed by atoms with Crippen LogP contribution in [0.5, 0.6) is 11.5 Å². The molecule has 0 bridgehead atoms. The average Bonchev–Trinajstić information content (AvgIpc) is 3.27. The number of para-hydroxylation sites is 1. The zero-order valence-corrected chi connectivity index (χ0v) is 20.9. The molecule has 2 N–H and O–H groups in total. The van der Waals surface area contributed by atoms with Crippen LogP contribution in [0, 0.1) is 13.8 Å². The fraction of sp³-hybridized carbons (Fsp3) is 0.300. The number of carbonyl (C=O) groups excluding carboxylic acids is 1. The number of benzene rings is 3. The quantitative estimate of drug-likeness (QED) is 0.317. The number of fused-ring (bicyclic) bond motifs is 2. The Labute approximate surface area is 211 Å². The zero-order chi connectivity index (χ0) is 24.9. The summed E-state index contributed by atoms with van der Waals surface area (Å²) in [7, 11) is 0. The molecule has 0 saturated heterocycles. The van der Waals surface area contributed by atoms with Gasteiger partial charge in [-0.25, -0.2) is 4.79 Å². The normalized spacial score (nSPS) is 16.1. The van der Waals surface area contributed by atoms with Gasteiger partial charge in [0.15, 0.2) is 11.5 Å². The third-order valence-corrected chi connectivity index (χ3v) is 7.57. The van der Waals surface area contributed by atoms with Crippen LogP contribution < -0.4 is 14.8 Å². The van der Waals surface area contributed by atoms with E-state index >= 15 is 0 Å². The number of carbonyl (C=O) groups is 1. The number of H-pyrrole nitrogens is 1. The first-order chi connectivity index (χ1) is 17.4. The predicted octanol–water partition coefficient (Wildman–Crippen LogP) is 6.84. The molecule has 0 radical (unpaired) electrons. The van der Waals surface area contributed by atoms with Crippen LogP contribution in [0.1, 0.15) is 48.1 Å². The van der Waals surface area contributed by atoms with Crippen molar-refractivity contribution in [3.05, 3.63) is 89.1 Å². The number of amides is 2. The molecule has 2 amide bonds. The van der Waals surface area contributed by atoms with Crippen LogP contribution in [-0.4, -0.2) is 29.3 Å². The minimum atomic E-state index is -0.159. The molecule has 1 fully saturated rings. The van der Waals surface area contributed by atoms with E-state index < -0.39 is 0 Å². The summed E-state index contributed by atoms with van der Waals surface area (Å²) in [5, 5.41) is 4.42. The first kappa shape index (κ1) is 22.5. The lowest BCUT2D eigenvalue weighted by atomic mass is 9.93. The molecule has 2 heterocycles. The first-order valence-electron chi connectivity index (χ1n) is 12.5. The third-order valence-electron chi connectivity index (χ3n) is 7.57. The number of aromatic amines is 1. The molecule has 6 heteroatoms. The van der Waals surface area contributed by atoms with E-state index in [0.29, 0.717) is 6.54 Å². The number of ether oxygens (including phenoxy) is 2. The zero-order valence-electron chi connectivity index (χ0n) is 20.9. The van der Waals surface area contributed by atoms with E-state index in [4.69, 9.17) is 9.47 Å². The monoisotopic (exact) mass is 481 g/mol. The highest BCUT2D eigenvalue weighted by atomic mass is 16.7. The Balaban J connectivity index is 1.35. The molecular weight excluding hydrogens is 450 g/mol. The van der Waals surface area contributed by atoms with Crippen molar-refractivity contribution in [2.45, 2.75) is 45.1 Å². The highest BCUT2D eigenvalue weighted by Gasteiger charge is 2.48. The van der Waals surface area contributed by atoms with Gasteiger partial charge in [-0.05, 0) is 86.2 Å². The molecule has 2 aliphatic rings. The maximum atomic E-state index is 13.9. The Hall–Kier alpha value is -3.93. The second-order valence-corrected chi connectivity index (χ2v) is 10.3.